The van der Waals surface area contributed by atoms with Crippen LogP contribution in [0.1, 0.15) is 28.4 Å². The van der Waals surface area contributed by atoms with E-state index in [9.17, 15) is 9.59 Å². The lowest BCUT2D eigenvalue weighted by atomic mass is 10.1. The predicted molar refractivity (Wildman–Crippen MR) is 93.3 cm³/mol. The van der Waals surface area contributed by atoms with Crippen LogP contribution >= 0.6 is 0 Å². The van der Waals surface area contributed by atoms with Gasteiger partial charge in [0.15, 0.2) is 0 Å². The summed E-state index contributed by atoms with van der Waals surface area (Å²) in [5, 5.41) is 3.27. The fourth-order valence-corrected chi connectivity index (χ4v) is 2.16. The third-order valence-electron chi connectivity index (χ3n) is 3.60. The van der Waals surface area contributed by atoms with Crippen LogP contribution in [0.25, 0.3) is 0 Å². The van der Waals surface area contributed by atoms with Crippen LogP contribution in [-0.4, -0.2) is 18.6 Å². The van der Waals surface area contributed by atoms with Gasteiger partial charge in [0.2, 0.25) is 0 Å². The number of amides is 2. The largest absolute Gasteiger partial charge is 0.449 e. The molecule has 0 aliphatic carbocycles. The molecule has 0 saturated heterocycles. The van der Waals surface area contributed by atoms with Gasteiger partial charge in [-0.2, -0.15) is 0 Å². The molecular formula is C18H21N3O3. The molecule has 0 aliphatic heterocycles. The summed E-state index contributed by atoms with van der Waals surface area (Å²) in [6.07, 6.45) is -0.703. The first kappa shape index (κ1) is 17.3. The van der Waals surface area contributed by atoms with Crippen molar-refractivity contribution in [2.45, 2.75) is 20.8 Å². The van der Waals surface area contributed by atoms with E-state index in [0.29, 0.717) is 11.3 Å². The number of ether oxygens (including phenoxy) is 1. The minimum Gasteiger partial charge on any atom is -0.449 e. The van der Waals surface area contributed by atoms with Crippen LogP contribution in [-0.2, 0) is 4.74 Å². The van der Waals surface area contributed by atoms with Crippen molar-refractivity contribution in [2.75, 3.05) is 11.9 Å². The Bertz CT molecular complexity index is 744. The number of hydrogen-bond donors (Lipinski definition) is 3. The van der Waals surface area contributed by atoms with Gasteiger partial charge in [0.25, 0.3) is 5.91 Å². The highest BCUT2D eigenvalue weighted by atomic mass is 16.5. The number of hydrogen-bond acceptors (Lipinski definition) is 4. The Hall–Kier alpha value is -3.02. The van der Waals surface area contributed by atoms with Crippen LogP contribution in [0.2, 0.25) is 0 Å². The summed E-state index contributed by atoms with van der Waals surface area (Å²) < 4.78 is 4.70. The number of para-hydroxylation sites is 1. The van der Waals surface area contributed by atoms with Crippen molar-refractivity contribution in [1.29, 1.82) is 0 Å². The molecule has 2 amide bonds. The lowest BCUT2D eigenvalue weighted by Crippen LogP contribution is -2.42. The fraction of sp³-hybridized carbons (Fsp3) is 0.222. The number of benzene rings is 2. The second-order valence-corrected chi connectivity index (χ2v) is 5.22. The second kappa shape index (κ2) is 8.01. The van der Waals surface area contributed by atoms with E-state index in [1.165, 1.54) is 0 Å². The Morgan fingerprint density at radius 3 is 2.42 bits per heavy atom. The Kier molecular flexibility index (Phi) is 5.78. The molecule has 0 spiro atoms. The molecule has 6 nitrogen and oxygen atoms in total. The SMILES string of the molecule is CCOC(=O)NNC(=O)c1ccccc1Nc1cccc(C)c1C. The van der Waals surface area contributed by atoms with Gasteiger partial charge >= 0.3 is 6.09 Å². The zero-order valence-electron chi connectivity index (χ0n) is 14.0. The molecule has 2 aromatic rings. The number of rotatable bonds is 4. The highest BCUT2D eigenvalue weighted by Gasteiger charge is 2.13. The lowest BCUT2D eigenvalue weighted by Gasteiger charge is -2.15. The zero-order valence-corrected chi connectivity index (χ0v) is 14.0. The van der Waals surface area contributed by atoms with E-state index >= 15 is 0 Å². The molecule has 3 N–H and O–H groups in total. The van der Waals surface area contributed by atoms with Crippen LogP contribution in [0.5, 0.6) is 0 Å². The quantitative estimate of drug-likeness (QED) is 0.752. The molecule has 0 heterocycles. The van der Waals surface area contributed by atoms with Crippen molar-refractivity contribution >= 4 is 23.4 Å². The van der Waals surface area contributed by atoms with Crippen LogP contribution in [0.15, 0.2) is 42.5 Å². The average Bonchev–Trinajstić information content (AvgIpc) is 2.57. The minimum atomic E-state index is -0.703. The second-order valence-electron chi connectivity index (χ2n) is 5.22. The Balaban J connectivity index is 2.16. The monoisotopic (exact) mass is 327 g/mol. The molecule has 24 heavy (non-hydrogen) atoms. The maximum atomic E-state index is 12.3. The molecular weight excluding hydrogens is 306 g/mol. The summed E-state index contributed by atoms with van der Waals surface area (Å²) >= 11 is 0. The molecule has 0 atom stereocenters. The first-order valence-corrected chi connectivity index (χ1v) is 7.68. The Morgan fingerprint density at radius 2 is 1.67 bits per heavy atom. The van der Waals surface area contributed by atoms with Gasteiger partial charge in [-0.15, -0.1) is 0 Å². The van der Waals surface area contributed by atoms with Crippen molar-refractivity contribution in [2.24, 2.45) is 0 Å². The molecule has 0 radical (unpaired) electrons. The molecule has 0 unspecified atom stereocenters. The van der Waals surface area contributed by atoms with Gasteiger partial charge in [0.05, 0.1) is 17.9 Å². The van der Waals surface area contributed by atoms with Crippen LogP contribution < -0.4 is 16.2 Å². The summed E-state index contributed by atoms with van der Waals surface area (Å²) in [6, 6.07) is 13.0. The summed E-state index contributed by atoms with van der Waals surface area (Å²) in [6.45, 7) is 5.96. The molecule has 0 aromatic heterocycles. The van der Waals surface area contributed by atoms with Gasteiger partial charge in [0, 0.05) is 5.69 Å². The maximum Gasteiger partial charge on any atom is 0.426 e. The normalized spacial score (nSPS) is 9.96. The van der Waals surface area contributed by atoms with Gasteiger partial charge in [-0.05, 0) is 50.1 Å². The number of carbonyl (C=O) groups is 2. The van der Waals surface area contributed by atoms with Crippen molar-refractivity contribution < 1.29 is 14.3 Å². The summed E-state index contributed by atoms with van der Waals surface area (Å²) in [5.41, 5.74) is 8.79. The molecule has 2 rings (SSSR count). The third-order valence-corrected chi connectivity index (χ3v) is 3.60. The average molecular weight is 327 g/mol. The van der Waals surface area contributed by atoms with Gasteiger partial charge in [-0.3, -0.25) is 10.2 Å². The predicted octanol–water partition coefficient (Wildman–Crippen LogP) is 3.44. The molecule has 2 aromatic carbocycles. The summed E-state index contributed by atoms with van der Waals surface area (Å²) in [4.78, 5) is 23.6. The topological polar surface area (TPSA) is 79.5 Å². The van der Waals surface area contributed by atoms with Gasteiger partial charge in [-0.25, -0.2) is 10.2 Å². The Morgan fingerprint density at radius 1 is 0.958 bits per heavy atom. The Labute approximate surface area is 141 Å². The standard InChI is InChI=1S/C18H21N3O3/c1-4-24-18(23)21-20-17(22)14-9-5-6-10-16(14)19-15-11-7-8-12(2)13(15)3/h5-11,19H,4H2,1-3H3,(H,20,22)(H,21,23). The van der Waals surface area contributed by atoms with Crippen LogP contribution in [0, 0.1) is 13.8 Å². The van der Waals surface area contributed by atoms with E-state index in [1.54, 1.807) is 25.1 Å². The third kappa shape index (κ3) is 4.25. The summed E-state index contributed by atoms with van der Waals surface area (Å²) in [5.74, 6) is -0.434. The fourth-order valence-electron chi connectivity index (χ4n) is 2.16. The van der Waals surface area contributed by atoms with Gasteiger partial charge in [-0.1, -0.05) is 24.3 Å². The number of carbonyl (C=O) groups excluding carboxylic acids is 2. The van der Waals surface area contributed by atoms with E-state index in [4.69, 9.17) is 4.74 Å². The molecule has 6 heteroatoms. The summed E-state index contributed by atoms with van der Waals surface area (Å²) in [7, 11) is 0. The van der Waals surface area contributed by atoms with Crippen molar-refractivity contribution in [3.63, 3.8) is 0 Å². The van der Waals surface area contributed by atoms with E-state index in [1.807, 2.05) is 38.1 Å². The number of hydrazine groups is 1. The first-order valence-electron chi connectivity index (χ1n) is 7.68. The first-order chi connectivity index (χ1) is 11.5. The number of nitrogens with one attached hydrogen (secondary N) is 3. The van der Waals surface area contributed by atoms with Gasteiger partial charge in [0.1, 0.15) is 0 Å². The highest BCUT2D eigenvalue weighted by Crippen LogP contribution is 2.25. The van der Waals surface area contributed by atoms with E-state index in [0.717, 1.165) is 16.8 Å². The van der Waals surface area contributed by atoms with Crippen molar-refractivity contribution in [3.8, 4) is 0 Å². The minimum absolute atomic E-state index is 0.229. The van der Waals surface area contributed by atoms with E-state index < -0.39 is 12.0 Å². The number of aryl methyl sites for hydroxylation is 1. The molecule has 0 aliphatic rings. The molecule has 0 saturated carbocycles. The lowest BCUT2D eigenvalue weighted by molar-refractivity contribution is 0.0913. The highest BCUT2D eigenvalue weighted by molar-refractivity contribution is 6.00. The van der Waals surface area contributed by atoms with E-state index in [-0.39, 0.29) is 6.61 Å². The van der Waals surface area contributed by atoms with Crippen molar-refractivity contribution in [3.05, 3.63) is 59.2 Å². The van der Waals surface area contributed by atoms with Crippen molar-refractivity contribution in [1.82, 2.24) is 10.9 Å². The molecule has 0 bridgehead atoms. The maximum absolute atomic E-state index is 12.3. The van der Waals surface area contributed by atoms with Gasteiger partial charge < -0.3 is 10.1 Å². The number of anilines is 2. The smallest absolute Gasteiger partial charge is 0.426 e. The van der Waals surface area contributed by atoms with E-state index in [2.05, 4.69) is 16.2 Å². The molecule has 126 valence electrons. The van der Waals surface area contributed by atoms with Crippen LogP contribution in [0.3, 0.4) is 0 Å². The van der Waals surface area contributed by atoms with Crippen LogP contribution in [0.4, 0.5) is 16.2 Å². The molecule has 0 fully saturated rings. The zero-order chi connectivity index (χ0) is 17.5.